The van der Waals surface area contributed by atoms with E-state index in [0.29, 0.717) is 17.1 Å². The zero-order valence-electron chi connectivity index (χ0n) is 14.5. The number of hydrogen-bond donors (Lipinski definition) is 0. The van der Waals surface area contributed by atoms with Crippen molar-refractivity contribution in [1.82, 2.24) is 0 Å². The lowest BCUT2D eigenvalue weighted by Crippen LogP contribution is -2.04. The van der Waals surface area contributed by atoms with Crippen LogP contribution in [-0.2, 0) is 0 Å². The molecule has 0 N–H and O–H groups in total. The van der Waals surface area contributed by atoms with Gasteiger partial charge in [-0.2, -0.15) is 0 Å². The van der Waals surface area contributed by atoms with Crippen molar-refractivity contribution in [2.24, 2.45) is 5.41 Å². The minimum absolute atomic E-state index is 0.0787. The largest absolute Gasteiger partial charge is 0.456 e. The Labute approximate surface area is 148 Å². The standard InChI is InChI=1S/C22H18N2O/c1-22(2,3)12-11-15-9-10-17-20(13-15)25-19-8-6-5-7-16(19)21(17)18(14-23)24-4/h5-13H,1-3H3/b12-11+,21-18-. The first-order valence-corrected chi connectivity index (χ1v) is 8.06. The molecule has 0 amide bonds. The van der Waals surface area contributed by atoms with E-state index < -0.39 is 0 Å². The number of hydrogen-bond acceptors (Lipinski definition) is 2. The van der Waals surface area contributed by atoms with Gasteiger partial charge in [-0.05, 0) is 23.1 Å². The number of para-hydroxylation sites is 1. The first-order valence-electron chi connectivity index (χ1n) is 8.06. The summed E-state index contributed by atoms with van der Waals surface area (Å²) in [5, 5.41) is 9.38. The number of rotatable bonds is 1. The van der Waals surface area contributed by atoms with Crippen molar-refractivity contribution >= 4 is 11.6 Å². The van der Waals surface area contributed by atoms with Gasteiger partial charge < -0.3 is 4.74 Å². The molecule has 2 aromatic carbocycles. The molecule has 0 unspecified atom stereocenters. The second-order valence-electron chi connectivity index (χ2n) is 7.00. The Balaban J connectivity index is 2.18. The highest BCUT2D eigenvalue weighted by Crippen LogP contribution is 2.45. The molecule has 25 heavy (non-hydrogen) atoms. The van der Waals surface area contributed by atoms with Gasteiger partial charge in [-0.1, -0.05) is 63.3 Å². The second kappa shape index (κ2) is 6.30. The van der Waals surface area contributed by atoms with Crippen molar-refractivity contribution < 1.29 is 4.74 Å². The van der Waals surface area contributed by atoms with Crippen LogP contribution in [0.15, 0.2) is 54.2 Å². The summed E-state index contributed by atoms with van der Waals surface area (Å²) < 4.78 is 6.04. The van der Waals surface area contributed by atoms with E-state index in [2.05, 4.69) is 37.8 Å². The lowest BCUT2D eigenvalue weighted by molar-refractivity contribution is 0.474. The van der Waals surface area contributed by atoms with Gasteiger partial charge in [0.15, 0.2) is 0 Å². The van der Waals surface area contributed by atoms with Crippen molar-refractivity contribution in [3.05, 3.63) is 82.3 Å². The number of nitrogens with zero attached hydrogens (tertiary/aromatic N) is 2. The van der Waals surface area contributed by atoms with Crippen LogP contribution in [0.4, 0.5) is 0 Å². The van der Waals surface area contributed by atoms with Crippen molar-refractivity contribution in [3.63, 3.8) is 0 Å². The molecule has 0 saturated heterocycles. The van der Waals surface area contributed by atoms with E-state index in [4.69, 9.17) is 11.3 Å². The van der Waals surface area contributed by atoms with Gasteiger partial charge in [-0.15, -0.1) is 0 Å². The van der Waals surface area contributed by atoms with E-state index in [-0.39, 0.29) is 11.1 Å². The van der Waals surface area contributed by atoms with Gasteiger partial charge in [0, 0.05) is 16.7 Å². The molecule has 3 heteroatoms. The summed E-state index contributed by atoms with van der Waals surface area (Å²) in [5.41, 5.74) is 3.39. The lowest BCUT2D eigenvalue weighted by atomic mass is 9.91. The number of ether oxygens (including phenoxy) is 1. The molecule has 2 aromatic rings. The quantitative estimate of drug-likeness (QED) is 0.403. The van der Waals surface area contributed by atoms with E-state index in [9.17, 15) is 5.26 Å². The SMILES string of the molecule is [C-]#[N+]/C(C#N)=C1/c2ccccc2Oc2cc(/C=C/C(C)(C)C)ccc21. The zero-order valence-corrected chi connectivity index (χ0v) is 14.5. The smallest absolute Gasteiger partial charge is 0.270 e. The molecule has 0 bridgehead atoms. The molecule has 1 aliphatic rings. The summed E-state index contributed by atoms with van der Waals surface area (Å²) >= 11 is 0. The Kier molecular flexibility index (Phi) is 4.17. The fourth-order valence-electron chi connectivity index (χ4n) is 2.70. The monoisotopic (exact) mass is 326 g/mol. The highest BCUT2D eigenvalue weighted by molar-refractivity contribution is 5.92. The maximum Gasteiger partial charge on any atom is 0.270 e. The van der Waals surface area contributed by atoms with Crippen LogP contribution in [0.3, 0.4) is 0 Å². The summed E-state index contributed by atoms with van der Waals surface area (Å²) in [6.45, 7) is 13.8. The molecular formula is C22H18N2O. The maximum absolute atomic E-state index is 9.38. The molecule has 0 spiro atoms. The van der Waals surface area contributed by atoms with Gasteiger partial charge >= 0.3 is 0 Å². The molecule has 3 rings (SSSR count). The highest BCUT2D eigenvalue weighted by atomic mass is 16.5. The average molecular weight is 326 g/mol. The maximum atomic E-state index is 9.38. The fraction of sp³-hybridized carbons (Fsp3) is 0.182. The zero-order chi connectivity index (χ0) is 18.0. The summed E-state index contributed by atoms with van der Waals surface area (Å²) in [4.78, 5) is 3.42. The first-order chi connectivity index (χ1) is 11.9. The van der Waals surface area contributed by atoms with Crippen molar-refractivity contribution in [3.8, 4) is 17.6 Å². The van der Waals surface area contributed by atoms with Gasteiger partial charge in [0.05, 0.1) is 12.6 Å². The van der Waals surface area contributed by atoms with Gasteiger partial charge in [0.1, 0.15) is 11.5 Å². The molecule has 0 atom stereocenters. The summed E-state index contributed by atoms with van der Waals surface area (Å²) in [7, 11) is 0. The molecule has 122 valence electrons. The number of fused-ring (bicyclic) bond motifs is 2. The number of benzene rings is 2. The summed E-state index contributed by atoms with van der Waals surface area (Å²) in [6.07, 6.45) is 4.20. The van der Waals surface area contributed by atoms with Crippen LogP contribution in [0.2, 0.25) is 0 Å². The molecular weight excluding hydrogens is 308 g/mol. The Morgan fingerprint density at radius 1 is 1.12 bits per heavy atom. The van der Waals surface area contributed by atoms with E-state index in [0.717, 1.165) is 16.7 Å². The fourth-order valence-corrected chi connectivity index (χ4v) is 2.70. The predicted molar refractivity (Wildman–Crippen MR) is 99.7 cm³/mol. The highest BCUT2D eigenvalue weighted by Gasteiger charge is 2.24. The molecule has 0 fully saturated rings. The third kappa shape index (κ3) is 3.32. The van der Waals surface area contributed by atoms with E-state index in [1.807, 2.05) is 48.5 Å². The molecule has 0 aromatic heterocycles. The summed E-state index contributed by atoms with van der Waals surface area (Å²) in [6, 6.07) is 15.4. The van der Waals surface area contributed by atoms with Crippen LogP contribution in [0.1, 0.15) is 37.5 Å². The van der Waals surface area contributed by atoms with Crippen LogP contribution in [0.5, 0.6) is 11.5 Å². The van der Waals surface area contributed by atoms with Crippen LogP contribution in [0, 0.1) is 23.3 Å². The number of allylic oxidation sites excluding steroid dienone is 2. The Bertz CT molecular complexity index is 960. The molecule has 0 aliphatic carbocycles. The van der Waals surface area contributed by atoms with Crippen molar-refractivity contribution in [2.75, 3.05) is 0 Å². The Morgan fingerprint density at radius 3 is 2.52 bits per heavy atom. The second-order valence-corrected chi connectivity index (χ2v) is 7.00. The van der Waals surface area contributed by atoms with Gasteiger partial charge in [-0.3, -0.25) is 0 Å². The minimum Gasteiger partial charge on any atom is -0.456 e. The van der Waals surface area contributed by atoms with E-state index >= 15 is 0 Å². The minimum atomic E-state index is 0.0787. The van der Waals surface area contributed by atoms with E-state index in [1.165, 1.54) is 0 Å². The molecule has 1 aliphatic heterocycles. The average Bonchev–Trinajstić information content (AvgIpc) is 2.59. The predicted octanol–water partition coefficient (Wildman–Crippen LogP) is 6.05. The normalized spacial score (nSPS) is 14.8. The van der Waals surface area contributed by atoms with E-state index in [1.54, 1.807) is 0 Å². The number of nitriles is 1. The van der Waals surface area contributed by atoms with Crippen LogP contribution in [0.25, 0.3) is 16.5 Å². The molecule has 0 radical (unpaired) electrons. The van der Waals surface area contributed by atoms with Crippen molar-refractivity contribution in [1.29, 1.82) is 5.26 Å². The first kappa shape index (κ1) is 16.6. The van der Waals surface area contributed by atoms with Gasteiger partial charge in [0.2, 0.25) is 0 Å². The third-order valence-corrected chi connectivity index (χ3v) is 3.88. The van der Waals surface area contributed by atoms with Crippen molar-refractivity contribution in [2.45, 2.75) is 20.8 Å². The third-order valence-electron chi connectivity index (χ3n) is 3.88. The lowest BCUT2D eigenvalue weighted by Gasteiger charge is -2.23. The van der Waals surface area contributed by atoms with Gasteiger partial charge in [0.25, 0.3) is 5.70 Å². The molecule has 3 nitrogen and oxygen atoms in total. The molecule has 0 saturated carbocycles. The van der Waals surface area contributed by atoms with Crippen LogP contribution >= 0.6 is 0 Å². The van der Waals surface area contributed by atoms with Crippen LogP contribution in [-0.4, -0.2) is 0 Å². The van der Waals surface area contributed by atoms with Gasteiger partial charge in [-0.25, -0.2) is 10.1 Å². The Morgan fingerprint density at radius 2 is 1.84 bits per heavy atom. The van der Waals surface area contributed by atoms with Crippen LogP contribution < -0.4 is 4.74 Å². The molecule has 1 heterocycles. The topological polar surface area (TPSA) is 37.4 Å². The summed E-state index contributed by atoms with van der Waals surface area (Å²) in [5.74, 6) is 1.33. The Hall–Kier alpha value is -3.30.